The Kier molecular flexibility index (Phi) is 6.90. The number of likely N-dealkylation sites (tertiary alicyclic amines) is 1. The number of halogens is 1. The van der Waals surface area contributed by atoms with Gasteiger partial charge in [0.1, 0.15) is 0 Å². The molecule has 0 spiro atoms. The molecule has 0 bridgehead atoms. The zero-order valence-electron chi connectivity index (χ0n) is 13.8. The minimum Gasteiger partial charge on any atom is -0.341 e. The summed E-state index contributed by atoms with van der Waals surface area (Å²) in [6, 6.07) is 7.62. The van der Waals surface area contributed by atoms with Crippen LogP contribution in [0.2, 0.25) is 5.02 Å². The van der Waals surface area contributed by atoms with Crippen LogP contribution < -0.4 is 0 Å². The van der Waals surface area contributed by atoms with Crippen molar-refractivity contribution in [3.63, 3.8) is 0 Å². The van der Waals surface area contributed by atoms with Gasteiger partial charge >= 0.3 is 0 Å². The molecule has 1 aliphatic heterocycles. The number of hydrogen-bond acceptors (Lipinski definition) is 2. The van der Waals surface area contributed by atoms with E-state index in [9.17, 15) is 9.59 Å². The van der Waals surface area contributed by atoms with E-state index in [1.807, 2.05) is 29.2 Å². The fourth-order valence-corrected chi connectivity index (χ4v) is 3.10. The van der Waals surface area contributed by atoms with Crippen LogP contribution in [0, 0.1) is 0 Å². The van der Waals surface area contributed by atoms with Crippen LogP contribution in [0.1, 0.15) is 38.2 Å². The second-order valence-electron chi connectivity index (χ2n) is 6.12. The Morgan fingerprint density at radius 1 is 1.17 bits per heavy atom. The van der Waals surface area contributed by atoms with Crippen LogP contribution in [0.4, 0.5) is 0 Å². The maximum atomic E-state index is 12.4. The zero-order chi connectivity index (χ0) is 16.7. The lowest BCUT2D eigenvalue weighted by Crippen LogP contribution is -2.43. The molecule has 0 aliphatic carbocycles. The van der Waals surface area contributed by atoms with Crippen molar-refractivity contribution in [1.82, 2.24) is 9.80 Å². The van der Waals surface area contributed by atoms with Gasteiger partial charge in [-0.3, -0.25) is 9.59 Å². The molecule has 0 atom stereocenters. The average Bonchev–Trinajstić information content (AvgIpc) is 2.80. The molecule has 0 unspecified atom stereocenters. The molecule has 1 saturated heterocycles. The van der Waals surface area contributed by atoms with Gasteiger partial charge in [0.05, 0.1) is 6.54 Å². The third kappa shape index (κ3) is 5.87. The van der Waals surface area contributed by atoms with Crippen LogP contribution in [0.5, 0.6) is 0 Å². The third-order valence-electron chi connectivity index (χ3n) is 4.29. The van der Waals surface area contributed by atoms with E-state index in [4.69, 9.17) is 11.6 Å². The summed E-state index contributed by atoms with van der Waals surface area (Å²) >= 11 is 5.98. The summed E-state index contributed by atoms with van der Waals surface area (Å²) in [5.41, 5.74) is 1.07. The molecule has 0 aromatic heterocycles. The summed E-state index contributed by atoms with van der Waals surface area (Å²) in [5.74, 6) is 0.00314. The Morgan fingerprint density at radius 2 is 1.87 bits per heavy atom. The summed E-state index contributed by atoms with van der Waals surface area (Å²) in [6.07, 6.45) is 5.21. The smallest absolute Gasteiger partial charge is 0.242 e. The van der Waals surface area contributed by atoms with Crippen LogP contribution in [0.15, 0.2) is 24.3 Å². The Bertz CT molecular complexity index is 540. The van der Waals surface area contributed by atoms with Gasteiger partial charge in [-0.15, -0.1) is 0 Å². The van der Waals surface area contributed by atoms with E-state index < -0.39 is 0 Å². The molecule has 1 aliphatic rings. The molecule has 5 heteroatoms. The summed E-state index contributed by atoms with van der Waals surface area (Å²) < 4.78 is 0. The zero-order valence-corrected chi connectivity index (χ0v) is 14.5. The maximum absolute atomic E-state index is 12.4. The minimum absolute atomic E-state index is 0.0600. The molecule has 0 saturated carbocycles. The van der Waals surface area contributed by atoms with Crippen molar-refractivity contribution in [2.75, 3.05) is 26.2 Å². The molecule has 1 heterocycles. The average molecular weight is 337 g/mol. The number of benzene rings is 1. The van der Waals surface area contributed by atoms with Crippen LogP contribution in [0.25, 0.3) is 0 Å². The predicted molar refractivity (Wildman–Crippen MR) is 92.5 cm³/mol. The van der Waals surface area contributed by atoms with Crippen molar-refractivity contribution in [2.45, 2.75) is 39.0 Å². The highest BCUT2D eigenvalue weighted by molar-refractivity contribution is 6.30. The molecule has 0 N–H and O–H groups in total. The number of nitrogens with zero attached hydrogens (tertiary/aromatic N) is 2. The molecule has 4 nitrogen and oxygen atoms in total. The lowest BCUT2D eigenvalue weighted by molar-refractivity contribution is -0.139. The van der Waals surface area contributed by atoms with Gasteiger partial charge in [-0.1, -0.05) is 36.6 Å². The summed E-state index contributed by atoms with van der Waals surface area (Å²) in [6.45, 7) is 3.87. The van der Waals surface area contributed by atoms with Crippen LogP contribution >= 0.6 is 11.6 Å². The molecule has 23 heavy (non-hydrogen) atoms. The Balaban J connectivity index is 1.90. The van der Waals surface area contributed by atoms with Crippen molar-refractivity contribution >= 4 is 23.4 Å². The topological polar surface area (TPSA) is 40.6 Å². The summed E-state index contributed by atoms with van der Waals surface area (Å²) in [7, 11) is 0. The number of hydrogen-bond donors (Lipinski definition) is 0. The highest BCUT2D eigenvalue weighted by atomic mass is 35.5. The molecule has 126 valence electrons. The Labute approximate surface area is 143 Å². The van der Waals surface area contributed by atoms with E-state index in [1.165, 1.54) is 19.8 Å². The maximum Gasteiger partial charge on any atom is 0.242 e. The van der Waals surface area contributed by atoms with Gasteiger partial charge in [0.25, 0.3) is 0 Å². The molecule has 2 rings (SSSR count). The van der Waals surface area contributed by atoms with Crippen molar-refractivity contribution in [2.24, 2.45) is 0 Å². The Morgan fingerprint density at radius 3 is 2.48 bits per heavy atom. The van der Waals surface area contributed by atoms with E-state index in [2.05, 4.69) is 0 Å². The van der Waals surface area contributed by atoms with Gasteiger partial charge < -0.3 is 9.80 Å². The first kappa shape index (κ1) is 17.8. The van der Waals surface area contributed by atoms with Crippen molar-refractivity contribution in [3.8, 4) is 0 Å². The third-order valence-corrected chi connectivity index (χ3v) is 4.52. The van der Waals surface area contributed by atoms with Gasteiger partial charge in [0.2, 0.25) is 11.8 Å². The molecular formula is C18H25ClN2O2. The molecule has 1 fully saturated rings. The highest BCUT2D eigenvalue weighted by Gasteiger charge is 2.20. The van der Waals surface area contributed by atoms with Crippen LogP contribution in [-0.2, 0) is 16.0 Å². The SMILES string of the molecule is CC(=O)N(CCc1cccc(Cl)c1)CC(=O)N1CCCCCC1. The molecule has 1 aromatic rings. The quantitative estimate of drug-likeness (QED) is 0.828. The van der Waals surface area contributed by atoms with Gasteiger partial charge in [-0.25, -0.2) is 0 Å². The van der Waals surface area contributed by atoms with Gasteiger partial charge in [-0.05, 0) is 37.0 Å². The largest absolute Gasteiger partial charge is 0.341 e. The fraction of sp³-hybridized carbons (Fsp3) is 0.556. The van der Waals surface area contributed by atoms with E-state index in [0.29, 0.717) is 18.0 Å². The normalized spacial score (nSPS) is 15.1. The second-order valence-corrected chi connectivity index (χ2v) is 6.55. The first-order chi connectivity index (χ1) is 11.1. The van der Waals surface area contributed by atoms with Gasteiger partial charge in [-0.2, -0.15) is 0 Å². The van der Waals surface area contributed by atoms with Crippen molar-refractivity contribution in [1.29, 1.82) is 0 Å². The van der Waals surface area contributed by atoms with Crippen molar-refractivity contribution in [3.05, 3.63) is 34.9 Å². The standard InChI is InChI=1S/C18H25ClN2O2/c1-15(22)21(12-9-16-7-6-8-17(19)13-16)14-18(23)20-10-4-2-3-5-11-20/h6-8,13H,2-5,9-12,14H2,1H3. The lowest BCUT2D eigenvalue weighted by atomic mass is 10.1. The van der Waals surface area contributed by atoms with Crippen LogP contribution in [0.3, 0.4) is 0 Å². The van der Waals surface area contributed by atoms with Gasteiger partial charge in [0.15, 0.2) is 0 Å². The van der Waals surface area contributed by atoms with E-state index >= 15 is 0 Å². The highest BCUT2D eigenvalue weighted by Crippen LogP contribution is 2.13. The number of carbonyl (C=O) groups is 2. The first-order valence-electron chi connectivity index (χ1n) is 8.34. The van der Waals surface area contributed by atoms with E-state index in [0.717, 1.165) is 31.5 Å². The molecule has 1 aromatic carbocycles. The minimum atomic E-state index is -0.0600. The fourth-order valence-electron chi connectivity index (χ4n) is 2.89. The first-order valence-corrected chi connectivity index (χ1v) is 8.72. The van der Waals surface area contributed by atoms with E-state index in [-0.39, 0.29) is 18.4 Å². The number of carbonyl (C=O) groups excluding carboxylic acids is 2. The second kappa shape index (κ2) is 8.92. The molecule has 0 radical (unpaired) electrons. The summed E-state index contributed by atoms with van der Waals surface area (Å²) in [4.78, 5) is 27.8. The Hall–Kier alpha value is -1.55. The van der Waals surface area contributed by atoms with Crippen LogP contribution in [-0.4, -0.2) is 47.8 Å². The lowest BCUT2D eigenvalue weighted by Gasteiger charge is -2.26. The summed E-state index contributed by atoms with van der Waals surface area (Å²) in [5, 5.41) is 0.692. The molecular weight excluding hydrogens is 312 g/mol. The predicted octanol–water partition coefficient (Wildman–Crippen LogP) is 3.13. The van der Waals surface area contributed by atoms with Crippen molar-refractivity contribution < 1.29 is 9.59 Å². The number of rotatable bonds is 5. The number of amides is 2. The van der Waals surface area contributed by atoms with Gasteiger partial charge in [0, 0.05) is 31.6 Å². The monoisotopic (exact) mass is 336 g/mol. The van der Waals surface area contributed by atoms with E-state index in [1.54, 1.807) is 4.90 Å². The molecule has 2 amide bonds.